The van der Waals surface area contributed by atoms with Gasteiger partial charge in [-0.1, -0.05) is 13.8 Å². The van der Waals surface area contributed by atoms with Gasteiger partial charge in [0.15, 0.2) is 0 Å². The van der Waals surface area contributed by atoms with Crippen LogP contribution in [0.5, 0.6) is 0 Å². The molecule has 3 nitrogen and oxygen atoms in total. The maximum atomic E-state index is 10.3. The number of hydrogen-bond acceptors (Lipinski definition) is 4. The van der Waals surface area contributed by atoms with E-state index in [0.29, 0.717) is 6.61 Å². The Morgan fingerprint density at radius 3 is 2.05 bits per heavy atom. The summed E-state index contributed by atoms with van der Waals surface area (Å²) in [7, 11) is 0. The van der Waals surface area contributed by atoms with E-state index in [-0.39, 0.29) is 22.6 Å². The summed E-state index contributed by atoms with van der Waals surface area (Å²) in [5, 5.41) is 10.3. The molecule has 0 amide bonds. The fourth-order valence-corrected chi connectivity index (χ4v) is 2.62. The van der Waals surface area contributed by atoms with Crippen molar-refractivity contribution in [3.63, 3.8) is 0 Å². The average molecular weight is 292 g/mol. The number of aliphatic hydroxyl groups is 1. The molecule has 116 valence electrons. The van der Waals surface area contributed by atoms with Gasteiger partial charge in [-0.3, -0.25) is 0 Å². The van der Waals surface area contributed by atoms with Gasteiger partial charge in [0, 0.05) is 0 Å². The lowest BCUT2D eigenvalue weighted by Crippen LogP contribution is -2.41. The van der Waals surface area contributed by atoms with Gasteiger partial charge in [-0.25, -0.2) is 0 Å². The summed E-state index contributed by atoms with van der Waals surface area (Å²) < 4.78 is 11.5. The summed E-state index contributed by atoms with van der Waals surface area (Å²) in [6, 6.07) is 0. The van der Waals surface area contributed by atoms with Crippen molar-refractivity contribution < 1.29 is 14.6 Å². The zero-order valence-corrected chi connectivity index (χ0v) is 14.6. The van der Waals surface area contributed by atoms with E-state index in [2.05, 4.69) is 34.6 Å². The molecule has 0 bridgehead atoms. The predicted octanol–water partition coefficient (Wildman–Crippen LogP) is 3.69. The summed E-state index contributed by atoms with van der Waals surface area (Å²) in [4.78, 5) is 0. The fraction of sp³-hybridized carbons (Fsp3) is 1.00. The van der Waals surface area contributed by atoms with Crippen LogP contribution < -0.4 is 0 Å². The van der Waals surface area contributed by atoms with E-state index in [9.17, 15) is 5.11 Å². The highest BCUT2D eigenvalue weighted by Crippen LogP contribution is 2.35. The Bertz CT molecular complexity index is 252. The van der Waals surface area contributed by atoms with Crippen LogP contribution in [0.15, 0.2) is 0 Å². The monoisotopic (exact) mass is 292 g/mol. The van der Waals surface area contributed by atoms with Gasteiger partial charge in [-0.2, -0.15) is 0 Å². The Hall–Kier alpha value is 0.230. The molecule has 2 atom stereocenters. The first-order valence-corrected chi connectivity index (χ1v) is 8.29. The minimum absolute atomic E-state index is 0.145. The zero-order chi connectivity index (χ0) is 15.3. The normalized spacial score (nSPS) is 16.7. The Kier molecular flexibility index (Phi) is 7.96. The molecule has 0 rings (SSSR count). The minimum atomic E-state index is -0.484. The third kappa shape index (κ3) is 8.18. The second kappa shape index (κ2) is 7.87. The van der Waals surface area contributed by atoms with E-state index in [1.165, 1.54) is 0 Å². The van der Waals surface area contributed by atoms with E-state index in [0.717, 1.165) is 6.42 Å². The molecule has 0 fully saturated rings. The van der Waals surface area contributed by atoms with Crippen LogP contribution in [0.3, 0.4) is 0 Å². The van der Waals surface area contributed by atoms with Crippen molar-refractivity contribution in [2.75, 3.05) is 12.9 Å². The number of rotatable bonds is 9. The van der Waals surface area contributed by atoms with Crippen LogP contribution >= 0.6 is 11.8 Å². The summed E-state index contributed by atoms with van der Waals surface area (Å²) in [5.74, 6) is 0. The maximum Gasteiger partial charge on any atom is 0.100 e. The van der Waals surface area contributed by atoms with E-state index in [1.54, 1.807) is 11.8 Å². The van der Waals surface area contributed by atoms with Crippen LogP contribution in [0.4, 0.5) is 0 Å². The highest BCUT2D eigenvalue weighted by Gasteiger charge is 2.36. The van der Waals surface area contributed by atoms with Crippen molar-refractivity contribution >= 4 is 11.8 Å². The highest BCUT2D eigenvalue weighted by atomic mass is 32.2. The smallest absolute Gasteiger partial charge is 0.100 e. The second-order valence-corrected chi connectivity index (χ2v) is 7.88. The molecule has 0 spiro atoms. The van der Waals surface area contributed by atoms with Crippen molar-refractivity contribution in [1.29, 1.82) is 0 Å². The van der Waals surface area contributed by atoms with Crippen LogP contribution in [-0.2, 0) is 9.47 Å². The van der Waals surface area contributed by atoms with Crippen molar-refractivity contribution in [3.8, 4) is 0 Å². The minimum Gasteiger partial charge on any atom is -0.390 e. The third-order valence-electron chi connectivity index (χ3n) is 3.19. The summed E-state index contributed by atoms with van der Waals surface area (Å²) in [6.07, 6.45) is 2.48. The molecular formula is C15H32O3S. The van der Waals surface area contributed by atoms with Gasteiger partial charge < -0.3 is 14.6 Å². The topological polar surface area (TPSA) is 38.7 Å². The zero-order valence-electron chi connectivity index (χ0n) is 13.8. The molecule has 0 aliphatic carbocycles. The molecule has 19 heavy (non-hydrogen) atoms. The van der Waals surface area contributed by atoms with Crippen molar-refractivity contribution in [1.82, 2.24) is 0 Å². The van der Waals surface area contributed by atoms with Crippen LogP contribution in [0, 0.1) is 5.41 Å². The molecular weight excluding hydrogens is 260 g/mol. The van der Waals surface area contributed by atoms with E-state index < -0.39 is 6.10 Å². The second-order valence-electron chi connectivity index (χ2n) is 6.74. The van der Waals surface area contributed by atoms with E-state index in [1.807, 2.05) is 20.1 Å². The Morgan fingerprint density at radius 1 is 1.11 bits per heavy atom. The van der Waals surface area contributed by atoms with Gasteiger partial charge in [0.05, 0.1) is 24.4 Å². The lowest BCUT2D eigenvalue weighted by atomic mass is 9.77. The number of thioether (sulfide) groups is 1. The van der Waals surface area contributed by atoms with Crippen molar-refractivity contribution in [3.05, 3.63) is 0 Å². The number of ether oxygens (including phenoxy) is 2. The first-order valence-electron chi connectivity index (χ1n) is 7.00. The van der Waals surface area contributed by atoms with Crippen LogP contribution in [0.25, 0.3) is 0 Å². The fourth-order valence-electron chi connectivity index (χ4n) is 2.26. The molecule has 0 aliphatic rings. The third-order valence-corrected chi connectivity index (χ3v) is 3.95. The molecule has 1 N–H and O–H groups in total. The first-order chi connectivity index (χ1) is 8.50. The molecule has 4 heteroatoms. The van der Waals surface area contributed by atoms with Gasteiger partial charge in [0.1, 0.15) is 5.44 Å². The number of aliphatic hydroxyl groups excluding tert-OH is 1. The van der Waals surface area contributed by atoms with E-state index in [4.69, 9.17) is 9.47 Å². The molecule has 0 radical (unpaired) electrons. The van der Waals surface area contributed by atoms with Gasteiger partial charge in [-0.15, -0.1) is 11.8 Å². The van der Waals surface area contributed by atoms with Crippen molar-refractivity contribution in [2.24, 2.45) is 5.41 Å². The van der Waals surface area contributed by atoms with Crippen LogP contribution in [0.1, 0.15) is 54.9 Å². The van der Waals surface area contributed by atoms with Crippen LogP contribution in [-0.4, -0.2) is 41.2 Å². The lowest BCUT2D eigenvalue weighted by molar-refractivity contribution is -0.0985. The molecule has 0 aromatic carbocycles. The number of hydrogen-bond donors (Lipinski definition) is 1. The SMILES string of the molecule is CSC(C)OC(C)(C)CC(C)(C)C(O)COC(C)C. The van der Waals surface area contributed by atoms with Crippen molar-refractivity contribution in [2.45, 2.75) is 78.1 Å². The molecule has 0 aromatic rings. The molecule has 0 saturated carbocycles. The summed E-state index contributed by atoms with van der Waals surface area (Å²) >= 11 is 1.69. The Balaban J connectivity index is 4.47. The lowest BCUT2D eigenvalue weighted by Gasteiger charge is -2.39. The average Bonchev–Trinajstić information content (AvgIpc) is 2.23. The quantitative estimate of drug-likeness (QED) is 0.658. The molecule has 0 heterocycles. The van der Waals surface area contributed by atoms with Gasteiger partial charge in [0.25, 0.3) is 0 Å². The Labute approximate surface area is 123 Å². The van der Waals surface area contributed by atoms with Gasteiger partial charge in [-0.05, 0) is 52.7 Å². The summed E-state index contributed by atoms with van der Waals surface area (Å²) in [5.41, 5.74) is -0.337. The van der Waals surface area contributed by atoms with Crippen LogP contribution in [0.2, 0.25) is 0 Å². The standard InChI is InChI=1S/C15H32O3S/c1-11(2)17-9-13(16)14(4,5)10-15(6,7)18-12(3)19-8/h11-13,16H,9-10H2,1-8H3. The predicted molar refractivity (Wildman–Crippen MR) is 83.6 cm³/mol. The molecule has 2 unspecified atom stereocenters. The maximum absolute atomic E-state index is 10.3. The molecule has 0 aliphatic heterocycles. The van der Waals surface area contributed by atoms with Gasteiger partial charge in [0.2, 0.25) is 0 Å². The molecule has 0 aromatic heterocycles. The first kappa shape index (κ1) is 19.2. The highest BCUT2D eigenvalue weighted by molar-refractivity contribution is 7.99. The molecule has 0 saturated heterocycles. The Morgan fingerprint density at radius 2 is 1.63 bits per heavy atom. The summed E-state index contributed by atoms with van der Waals surface area (Å²) in [6.45, 7) is 14.7. The van der Waals surface area contributed by atoms with Gasteiger partial charge >= 0.3 is 0 Å². The van der Waals surface area contributed by atoms with E-state index >= 15 is 0 Å². The largest absolute Gasteiger partial charge is 0.390 e.